The average molecular weight is 267 g/mol. The Morgan fingerprint density at radius 1 is 1.37 bits per heavy atom. The first-order chi connectivity index (χ1) is 8.54. The molecule has 1 aliphatic carbocycles. The molecule has 5 heteroatoms. The van der Waals surface area contributed by atoms with Gasteiger partial charge in [0.1, 0.15) is 5.76 Å². The number of aliphatic hydroxyl groups is 3. The van der Waals surface area contributed by atoms with E-state index in [1.165, 1.54) is 0 Å². The zero-order valence-corrected chi connectivity index (χ0v) is 10.3. The van der Waals surface area contributed by atoms with Crippen LogP contribution in [0.15, 0.2) is 22.6 Å². The van der Waals surface area contributed by atoms with Gasteiger partial charge in [0.05, 0.1) is 13.0 Å². The molecular formula is C14H21NO4. The molecule has 0 radical (unpaired) electrons. The molecule has 0 fully saturated rings. The molecule has 0 unspecified atom stereocenters. The Morgan fingerprint density at radius 2 is 1.95 bits per heavy atom. The molecule has 3 N–H and O–H groups in total. The molecule has 1 aliphatic rings. The summed E-state index contributed by atoms with van der Waals surface area (Å²) in [6.45, 7) is 8.36. The second-order valence-electron chi connectivity index (χ2n) is 4.38. The van der Waals surface area contributed by atoms with Gasteiger partial charge >= 0.3 is 0 Å². The summed E-state index contributed by atoms with van der Waals surface area (Å²) in [5, 5.41) is 27.7. The van der Waals surface area contributed by atoms with Crippen molar-refractivity contribution in [2.75, 3.05) is 13.2 Å². The Bertz CT molecular complexity index is 439. The average Bonchev–Trinajstić information content (AvgIpc) is 2.34. The second-order valence-corrected chi connectivity index (χ2v) is 4.38. The van der Waals surface area contributed by atoms with E-state index >= 15 is 0 Å². The number of aliphatic hydroxyl groups excluding tert-OH is 3. The molecule has 0 aliphatic heterocycles. The molecule has 0 saturated carbocycles. The Balaban J connectivity index is 0.00000324. The summed E-state index contributed by atoms with van der Waals surface area (Å²) in [5.41, 5.74) is 1.17. The number of carbonyl (C=O) groups is 1. The molecule has 0 heterocycles. The van der Waals surface area contributed by atoms with Crippen molar-refractivity contribution in [2.45, 2.75) is 33.6 Å². The highest BCUT2D eigenvalue weighted by Gasteiger charge is 2.25. The zero-order valence-electron chi connectivity index (χ0n) is 10.3. The fraction of sp³-hybridized carbons (Fsp3) is 0.571. The number of carbonyl (C=O) groups excluding carboxylic acids is 1. The van der Waals surface area contributed by atoms with Crippen molar-refractivity contribution >= 4 is 5.78 Å². The minimum Gasteiger partial charge on any atom is -0.512 e. The Hall–Kier alpha value is -1.64. The molecule has 0 bridgehead atoms. The summed E-state index contributed by atoms with van der Waals surface area (Å²) in [6.07, 6.45) is 0.812. The molecule has 1 rings (SSSR count). The van der Waals surface area contributed by atoms with Crippen LogP contribution in [0.1, 0.15) is 33.6 Å². The second kappa shape index (κ2) is 7.72. The van der Waals surface area contributed by atoms with Crippen LogP contribution in [0, 0.1) is 12.5 Å². The molecule has 5 nitrogen and oxygen atoms in total. The van der Waals surface area contributed by atoms with Gasteiger partial charge in [-0.3, -0.25) is 0 Å². The van der Waals surface area contributed by atoms with E-state index < -0.39 is 0 Å². The van der Waals surface area contributed by atoms with E-state index in [2.05, 4.69) is 4.85 Å². The van der Waals surface area contributed by atoms with E-state index in [0.29, 0.717) is 24.0 Å². The molecule has 0 aromatic rings. The number of hydrogen-bond acceptors (Lipinski definition) is 4. The molecular weight excluding hydrogens is 246 g/mol. The number of ketones is 1. The van der Waals surface area contributed by atoms with E-state index in [-0.39, 0.29) is 50.2 Å². The maximum absolute atomic E-state index is 11.5. The molecule has 0 aromatic carbocycles. The lowest BCUT2D eigenvalue weighted by Gasteiger charge is -2.19. The van der Waals surface area contributed by atoms with Crippen molar-refractivity contribution in [1.29, 1.82) is 0 Å². The van der Waals surface area contributed by atoms with E-state index in [4.69, 9.17) is 16.8 Å². The van der Waals surface area contributed by atoms with Gasteiger partial charge in [-0.15, -0.1) is 0 Å². The minimum atomic E-state index is -0.357. The van der Waals surface area contributed by atoms with E-state index in [9.17, 15) is 9.90 Å². The highest BCUT2D eigenvalue weighted by Crippen LogP contribution is 2.31. The van der Waals surface area contributed by atoms with Gasteiger partial charge in [0.15, 0.2) is 5.78 Å². The van der Waals surface area contributed by atoms with E-state index in [0.717, 1.165) is 0 Å². The monoisotopic (exact) mass is 267 g/mol. The van der Waals surface area contributed by atoms with Crippen LogP contribution in [0.3, 0.4) is 0 Å². The van der Waals surface area contributed by atoms with Crippen LogP contribution in [0.25, 0.3) is 4.85 Å². The van der Waals surface area contributed by atoms with Crippen LogP contribution in [0.5, 0.6) is 0 Å². The van der Waals surface area contributed by atoms with Crippen LogP contribution in [0.2, 0.25) is 0 Å². The number of rotatable bonds is 5. The van der Waals surface area contributed by atoms with E-state index in [1.54, 1.807) is 6.92 Å². The predicted molar refractivity (Wildman–Crippen MR) is 72.2 cm³/mol. The van der Waals surface area contributed by atoms with Crippen molar-refractivity contribution < 1.29 is 20.1 Å². The molecule has 0 atom stereocenters. The molecule has 0 spiro atoms. The lowest BCUT2D eigenvalue weighted by Crippen LogP contribution is -2.15. The topological polar surface area (TPSA) is 82.1 Å². The van der Waals surface area contributed by atoms with Gasteiger partial charge in [-0.2, -0.15) is 0 Å². The smallest absolute Gasteiger partial charge is 0.232 e. The van der Waals surface area contributed by atoms with Gasteiger partial charge in [-0.05, 0) is 30.9 Å². The van der Waals surface area contributed by atoms with Gasteiger partial charge < -0.3 is 20.1 Å². The van der Waals surface area contributed by atoms with Gasteiger partial charge in [-0.1, -0.05) is 7.43 Å². The molecule has 19 heavy (non-hydrogen) atoms. The third-order valence-corrected chi connectivity index (χ3v) is 3.18. The van der Waals surface area contributed by atoms with Gasteiger partial charge in [0, 0.05) is 19.1 Å². The largest absolute Gasteiger partial charge is 0.512 e. The fourth-order valence-electron chi connectivity index (χ4n) is 1.98. The SMILES string of the molecule is C.[C-]#[N+]C1=C(C)C(CCC(CO)CO)=C(O)CC1=O. The Morgan fingerprint density at radius 3 is 2.42 bits per heavy atom. The lowest BCUT2D eigenvalue weighted by atomic mass is 9.89. The number of allylic oxidation sites excluding steroid dienone is 4. The van der Waals surface area contributed by atoms with Crippen LogP contribution in [-0.4, -0.2) is 34.3 Å². The number of nitrogens with zero attached hydrogens (tertiary/aromatic N) is 1. The van der Waals surface area contributed by atoms with Crippen molar-refractivity contribution in [3.05, 3.63) is 34.0 Å². The maximum Gasteiger partial charge on any atom is 0.232 e. The standard InChI is InChI=1S/C13H17NO4.CH4/c1-8-10(4-3-9(6-15)7-16)11(17)5-12(18)13(8)14-2;/h9,15-17H,3-7H2,1H3;1H4. The Kier molecular flexibility index (Phi) is 7.05. The summed E-state index contributed by atoms with van der Waals surface area (Å²) in [5.74, 6) is -0.601. The van der Waals surface area contributed by atoms with Crippen LogP contribution in [-0.2, 0) is 4.79 Å². The normalized spacial score (nSPS) is 15.6. The van der Waals surface area contributed by atoms with Gasteiger partial charge in [0.25, 0.3) is 0 Å². The van der Waals surface area contributed by atoms with Crippen LogP contribution >= 0.6 is 0 Å². The molecule has 0 amide bonds. The summed E-state index contributed by atoms with van der Waals surface area (Å²) in [6, 6.07) is 0. The molecule has 0 saturated heterocycles. The first-order valence-electron chi connectivity index (χ1n) is 5.79. The predicted octanol–water partition coefficient (Wildman–Crippen LogP) is 1.98. The summed E-state index contributed by atoms with van der Waals surface area (Å²) in [7, 11) is 0. The van der Waals surface area contributed by atoms with Crippen LogP contribution < -0.4 is 0 Å². The highest BCUT2D eigenvalue weighted by atomic mass is 16.3. The summed E-state index contributed by atoms with van der Waals surface area (Å²) >= 11 is 0. The van der Waals surface area contributed by atoms with Crippen molar-refractivity contribution in [3.63, 3.8) is 0 Å². The summed E-state index contributed by atoms with van der Waals surface area (Å²) in [4.78, 5) is 14.7. The lowest BCUT2D eigenvalue weighted by molar-refractivity contribution is -0.115. The quantitative estimate of drug-likeness (QED) is 0.665. The first kappa shape index (κ1) is 17.4. The van der Waals surface area contributed by atoms with Gasteiger partial charge in [-0.25, -0.2) is 4.85 Å². The summed E-state index contributed by atoms with van der Waals surface area (Å²) < 4.78 is 0. The third-order valence-electron chi connectivity index (χ3n) is 3.18. The zero-order chi connectivity index (χ0) is 13.7. The van der Waals surface area contributed by atoms with Crippen molar-refractivity contribution in [1.82, 2.24) is 0 Å². The number of Topliss-reactive ketones (excluding diaryl/α,β-unsaturated/α-hetero) is 1. The maximum atomic E-state index is 11.5. The first-order valence-corrected chi connectivity index (χ1v) is 5.79. The minimum absolute atomic E-state index is 0. The van der Waals surface area contributed by atoms with Gasteiger partial charge in [0.2, 0.25) is 5.70 Å². The molecule has 0 aromatic heterocycles. The third kappa shape index (κ3) is 3.91. The highest BCUT2D eigenvalue weighted by molar-refractivity contribution is 6.01. The van der Waals surface area contributed by atoms with Crippen molar-refractivity contribution in [3.8, 4) is 0 Å². The Labute approximate surface area is 113 Å². The van der Waals surface area contributed by atoms with Crippen molar-refractivity contribution in [2.24, 2.45) is 5.92 Å². The molecule has 106 valence electrons. The van der Waals surface area contributed by atoms with E-state index in [1.807, 2.05) is 0 Å². The number of hydrogen-bond donors (Lipinski definition) is 3. The van der Waals surface area contributed by atoms with Crippen LogP contribution in [0.4, 0.5) is 0 Å². The fourth-order valence-corrected chi connectivity index (χ4v) is 1.98.